The highest BCUT2D eigenvalue weighted by atomic mass is 32.1. The maximum absolute atomic E-state index is 12.1. The van der Waals surface area contributed by atoms with Crippen molar-refractivity contribution >= 4 is 23.2 Å². The minimum absolute atomic E-state index is 0.0197. The number of ether oxygens (including phenoxy) is 1. The smallest absolute Gasteiger partial charge is 0.271 e. The van der Waals surface area contributed by atoms with E-state index in [4.69, 9.17) is 9.57 Å². The zero-order valence-electron chi connectivity index (χ0n) is 10.9. The van der Waals surface area contributed by atoms with Crippen LogP contribution in [0.5, 0.6) is 0 Å². The molecule has 0 saturated carbocycles. The molecular formula is C12H16N2O4S. The van der Waals surface area contributed by atoms with Gasteiger partial charge in [0, 0.05) is 11.9 Å². The predicted octanol–water partition coefficient (Wildman–Crippen LogP) is 0.495. The van der Waals surface area contributed by atoms with Crippen molar-refractivity contribution in [1.29, 1.82) is 0 Å². The summed E-state index contributed by atoms with van der Waals surface area (Å²) in [6.07, 6.45) is 0. The molecule has 1 fully saturated rings. The Morgan fingerprint density at radius 2 is 2.47 bits per heavy atom. The van der Waals surface area contributed by atoms with Crippen molar-refractivity contribution in [2.45, 2.75) is 12.6 Å². The summed E-state index contributed by atoms with van der Waals surface area (Å²) in [5.74, 6) is -0.463. The maximum atomic E-state index is 12.1. The van der Waals surface area contributed by atoms with Gasteiger partial charge in [0.05, 0.1) is 20.3 Å². The van der Waals surface area contributed by atoms with Gasteiger partial charge in [0.2, 0.25) is 5.91 Å². The predicted molar refractivity (Wildman–Crippen MR) is 69.3 cm³/mol. The quantitative estimate of drug-likeness (QED) is 0.755. The number of nitrogens with zero attached hydrogens (tertiary/aromatic N) is 2. The van der Waals surface area contributed by atoms with E-state index in [1.165, 1.54) is 14.2 Å². The normalized spacial score (nSPS) is 19.6. The number of carbonyl (C=O) groups excluding carboxylic acids is 2. The van der Waals surface area contributed by atoms with Gasteiger partial charge in [0.15, 0.2) is 0 Å². The van der Waals surface area contributed by atoms with Gasteiger partial charge in [-0.3, -0.25) is 14.4 Å². The number of carbonyl (C=O) groups is 2. The Kier molecular flexibility index (Phi) is 4.52. The number of hydrogen-bond donors (Lipinski definition) is 0. The number of likely N-dealkylation sites (N-methyl/N-ethyl adjacent to an activating group) is 1. The van der Waals surface area contributed by atoms with E-state index in [1.54, 1.807) is 16.2 Å². The Balaban J connectivity index is 2.14. The molecule has 1 saturated heterocycles. The van der Waals surface area contributed by atoms with E-state index in [1.807, 2.05) is 17.5 Å². The molecule has 1 aromatic heterocycles. The summed E-state index contributed by atoms with van der Waals surface area (Å²) in [4.78, 5) is 31.5. The fraction of sp³-hybridized carbons (Fsp3) is 0.500. The van der Waals surface area contributed by atoms with Gasteiger partial charge < -0.3 is 9.64 Å². The third-order valence-electron chi connectivity index (χ3n) is 2.97. The molecule has 1 aromatic rings. The number of rotatable bonds is 4. The lowest BCUT2D eigenvalue weighted by Gasteiger charge is -2.35. The van der Waals surface area contributed by atoms with Gasteiger partial charge in [0.25, 0.3) is 5.91 Å². The van der Waals surface area contributed by atoms with Gasteiger partial charge in [-0.1, -0.05) is 6.07 Å². The summed E-state index contributed by atoms with van der Waals surface area (Å²) < 4.78 is 5.17. The second-order valence-corrected chi connectivity index (χ2v) is 5.18. The van der Waals surface area contributed by atoms with Crippen LogP contribution in [0.2, 0.25) is 0 Å². The molecule has 0 radical (unpaired) electrons. The van der Waals surface area contributed by atoms with Crippen LogP contribution < -0.4 is 0 Å². The molecule has 1 aliphatic rings. The molecule has 6 nitrogen and oxygen atoms in total. The van der Waals surface area contributed by atoms with Crippen LogP contribution in [-0.4, -0.2) is 55.2 Å². The Labute approximate surface area is 115 Å². The minimum Gasteiger partial charge on any atom is -0.369 e. The molecule has 2 heterocycles. The average molecular weight is 284 g/mol. The standard InChI is InChI=1S/C12H16N2O4S/c1-13(17-2)12(16)10-7-18-8-11(15)14(10)6-9-4-3-5-19-9/h3-5,10H,6-8H2,1-2H3. The van der Waals surface area contributed by atoms with Crippen LogP contribution in [0.15, 0.2) is 17.5 Å². The summed E-state index contributed by atoms with van der Waals surface area (Å²) in [7, 11) is 2.93. The number of thiophene rings is 1. The highest BCUT2D eigenvalue weighted by Crippen LogP contribution is 2.18. The van der Waals surface area contributed by atoms with E-state index in [-0.39, 0.29) is 25.0 Å². The number of amides is 2. The van der Waals surface area contributed by atoms with E-state index in [2.05, 4.69) is 0 Å². The van der Waals surface area contributed by atoms with Crippen molar-refractivity contribution in [1.82, 2.24) is 9.96 Å². The van der Waals surface area contributed by atoms with E-state index < -0.39 is 6.04 Å². The molecule has 0 aliphatic carbocycles. The maximum Gasteiger partial charge on any atom is 0.271 e. The minimum atomic E-state index is -0.631. The first-order valence-electron chi connectivity index (χ1n) is 5.84. The molecule has 7 heteroatoms. The molecule has 0 spiro atoms. The van der Waals surface area contributed by atoms with Crippen molar-refractivity contribution in [2.75, 3.05) is 27.4 Å². The van der Waals surface area contributed by atoms with Gasteiger partial charge in [-0.05, 0) is 11.4 Å². The average Bonchev–Trinajstić information content (AvgIpc) is 2.92. The van der Waals surface area contributed by atoms with Crippen molar-refractivity contribution in [3.05, 3.63) is 22.4 Å². The van der Waals surface area contributed by atoms with Crippen LogP contribution in [0.4, 0.5) is 0 Å². The second kappa shape index (κ2) is 6.14. The Hall–Kier alpha value is -1.44. The fourth-order valence-electron chi connectivity index (χ4n) is 1.88. The van der Waals surface area contributed by atoms with Crippen molar-refractivity contribution in [2.24, 2.45) is 0 Å². The second-order valence-electron chi connectivity index (χ2n) is 4.15. The zero-order chi connectivity index (χ0) is 13.8. The molecule has 19 heavy (non-hydrogen) atoms. The lowest BCUT2D eigenvalue weighted by Crippen LogP contribution is -2.55. The van der Waals surface area contributed by atoms with Crippen LogP contribution in [0, 0.1) is 0 Å². The van der Waals surface area contributed by atoms with Crippen molar-refractivity contribution < 1.29 is 19.2 Å². The van der Waals surface area contributed by atoms with E-state index in [9.17, 15) is 9.59 Å². The van der Waals surface area contributed by atoms with Crippen LogP contribution in [0.25, 0.3) is 0 Å². The lowest BCUT2D eigenvalue weighted by molar-refractivity contribution is -0.183. The first kappa shape index (κ1) is 14.0. The number of morpholine rings is 1. The van der Waals surface area contributed by atoms with Crippen LogP contribution in [0.1, 0.15) is 4.88 Å². The number of hydrogen-bond acceptors (Lipinski definition) is 5. The Morgan fingerprint density at radius 3 is 3.11 bits per heavy atom. The fourth-order valence-corrected chi connectivity index (χ4v) is 2.58. The summed E-state index contributed by atoms with van der Waals surface area (Å²) in [5.41, 5.74) is 0. The molecule has 1 atom stereocenters. The first-order chi connectivity index (χ1) is 9.13. The molecule has 0 N–H and O–H groups in total. The zero-order valence-corrected chi connectivity index (χ0v) is 11.7. The Morgan fingerprint density at radius 1 is 1.68 bits per heavy atom. The largest absolute Gasteiger partial charge is 0.369 e. The van der Waals surface area contributed by atoms with E-state index in [0.717, 1.165) is 9.94 Å². The molecule has 1 unspecified atom stereocenters. The van der Waals surface area contributed by atoms with Crippen LogP contribution in [0.3, 0.4) is 0 Å². The molecule has 1 aliphatic heterocycles. The third-order valence-corrected chi connectivity index (χ3v) is 3.83. The molecule has 104 valence electrons. The summed E-state index contributed by atoms with van der Waals surface area (Å²) in [6.45, 7) is 0.642. The van der Waals surface area contributed by atoms with Gasteiger partial charge in [-0.25, -0.2) is 5.06 Å². The molecule has 0 bridgehead atoms. The summed E-state index contributed by atoms with van der Waals surface area (Å²) in [6, 6.07) is 3.23. The lowest BCUT2D eigenvalue weighted by atomic mass is 10.2. The Bertz CT molecular complexity index is 449. The van der Waals surface area contributed by atoms with E-state index in [0.29, 0.717) is 6.54 Å². The SMILES string of the molecule is CON(C)C(=O)C1COCC(=O)N1Cc1cccs1. The molecular weight excluding hydrogens is 268 g/mol. The molecule has 0 aromatic carbocycles. The molecule has 2 amide bonds. The highest BCUT2D eigenvalue weighted by molar-refractivity contribution is 7.09. The topological polar surface area (TPSA) is 59.1 Å². The van der Waals surface area contributed by atoms with Crippen LogP contribution in [-0.2, 0) is 25.7 Å². The third kappa shape index (κ3) is 3.12. The van der Waals surface area contributed by atoms with Crippen molar-refractivity contribution in [3.63, 3.8) is 0 Å². The summed E-state index contributed by atoms with van der Waals surface area (Å²) >= 11 is 1.56. The first-order valence-corrected chi connectivity index (χ1v) is 6.72. The highest BCUT2D eigenvalue weighted by Gasteiger charge is 2.36. The van der Waals surface area contributed by atoms with Crippen molar-refractivity contribution in [3.8, 4) is 0 Å². The monoisotopic (exact) mass is 284 g/mol. The molecule has 2 rings (SSSR count). The van der Waals surface area contributed by atoms with E-state index >= 15 is 0 Å². The van der Waals surface area contributed by atoms with Gasteiger partial charge >= 0.3 is 0 Å². The van der Waals surface area contributed by atoms with Gasteiger partial charge in [-0.2, -0.15) is 0 Å². The van der Waals surface area contributed by atoms with Gasteiger partial charge in [0.1, 0.15) is 12.6 Å². The summed E-state index contributed by atoms with van der Waals surface area (Å²) in [5, 5.41) is 3.06. The van der Waals surface area contributed by atoms with Crippen LogP contribution >= 0.6 is 11.3 Å². The number of hydroxylamine groups is 2. The van der Waals surface area contributed by atoms with Gasteiger partial charge in [-0.15, -0.1) is 11.3 Å².